The lowest BCUT2D eigenvalue weighted by Crippen LogP contribution is -2.49. The summed E-state index contributed by atoms with van der Waals surface area (Å²) in [7, 11) is 0. The van der Waals surface area contributed by atoms with Crippen LogP contribution in [0.5, 0.6) is 0 Å². The molecule has 1 aliphatic heterocycles. The van der Waals surface area contributed by atoms with Crippen LogP contribution in [0, 0.1) is 5.82 Å². The van der Waals surface area contributed by atoms with Crippen molar-refractivity contribution in [3.8, 4) is 11.3 Å². The zero-order chi connectivity index (χ0) is 18.3. The molecule has 1 aromatic carbocycles. The molecule has 4 rings (SSSR count). The minimum atomic E-state index is -0.460. The standard InChI is InChI=1S/C19H18ClFN4O/c1-12-10-24(5-4-22-12)16-2-3-18-23-17(9-19(26)25(18)11-16)13-6-14(20)8-15(21)7-13/h2-3,6-9,11-12,22H,4-5,10H2,1H3/t12-/m0/s1. The van der Waals surface area contributed by atoms with E-state index in [9.17, 15) is 9.18 Å². The van der Waals surface area contributed by atoms with Crippen LogP contribution in [0.1, 0.15) is 6.92 Å². The van der Waals surface area contributed by atoms with E-state index in [1.165, 1.54) is 22.6 Å². The number of hydrogen-bond acceptors (Lipinski definition) is 4. The van der Waals surface area contributed by atoms with Crippen LogP contribution < -0.4 is 15.8 Å². The van der Waals surface area contributed by atoms with Gasteiger partial charge in [0.25, 0.3) is 5.56 Å². The van der Waals surface area contributed by atoms with Crippen molar-refractivity contribution in [1.29, 1.82) is 0 Å². The molecule has 0 saturated carbocycles. The molecule has 134 valence electrons. The Morgan fingerprint density at radius 1 is 1.27 bits per heavy atom. The van der Waals surface area contributed by atoms with Crippen molar-refractivity contribution in [2.45, 2.75) is 13.0 Å². The molecule has 26 heavy (non-hydrogen) atoms. The van der Waals surface area contributed by atoms with Gasteiger partial charge in [0.15, 0.2) is 0 Å². The van der Waals surface area contributed by atoms with Gasteiger partial charge in [0.05, 0.1) is 11.4 Å². The van der Waals surface area contributed by atoms with Crippen molar-refractivity contribution >= 4 is 22.9 Å². The van der Waals surface area contributed by atoms with Crippen LogP contribution in [-0.4, -0.2) is 35.1 Å². The Balaban J connectivity index is 1.76. The molecule has 1 aliphatic rings. The largest absolute Gasteiger partial charge is 0.368 e. The van der Waals surface area contributed by atoms with Gasteiger partial charge in [0, 0.05) is 48.5 Å². The number of nitrogens with one attached hydrogen (secondary N) is 1. The molecule has 7 heteroatoms. The quantitative estimate of drug-likeness (QED) is 0.751. The van der Waals surface area contributed by atoms with E-state index in [1.807, 2.05) is 18.3 Å². The monoisotopic (exact) mass is 372 g/mol. The molecule has 0 spiro atoms. The third-order valence-electron chi connectivity index (χ3n) is 4.54. The van der Waals surface area contributed by atoms with Crippen molar-refractivity contribution < 1.29 is 4.39 Å². The fourth-order valence-electron chi connectivity index (χ4n) is 3.29. The fourth-order valence-corrected chi connectivity index (χ4v) is 3.52. The van der Waals surface area contributed by atoms with Gasteiger partial charge in [-0.25, -0.2) is 9.37 Å². The van der Waals surface area contributed by atoms with Crippen LogP contribution in [0.3, 0.4) is 0 Å². The molecule has 1 fully saturated rings. The number of pyridine rings is 1. The van der Waals surface area contributed by atoms with E-state index >= 15 is 0 Å². The first-order valence-electron chi connectivity index (χ1n) is 8.48. The van der Waals surface area contributed by atoms with Gasteiger partial charge < -0.3 is 10.2 Å². The highest BCUT2D eigenvalue weighted by atomic mass is 35.5. The number of hydrogen-bond donors (Lipinski definition) is 1. The maximum atomic E-state index is 13.6. The first-order valence-corrected chi connectivity index (χ1v) is 8.86. The third-order valence-corrected chi connectivity index (χ3v) is 4.75. The van der Waals surface area contributed by atoms with E-state index in [-0.39, 0.29) is 10.6 Å². The van der Waals surface area contributed by atoms with Crippen molar-refractivity contribution in [2.24, 2.45) is 0 Å². The summed E-state index contributed by atoms with van der Waals surface area (Å²) in [5, 5.41) is 3.67. The molecule has 3 heterocycles. The van der Waals surface area contributed by atoms with E-state index in [2.05, 4.69) is 22.1 Å². The normalized spacial score (nSPS) is 17.7. The zero-order valence-electron chi connectivity index (χ0n) is 14.2. The first kappa shape index (κ1) is 17.0. The minimum Gasteiger partial charge on any atom is -0.368 e. The summed E-state index contributed by atoms with van der Waals surface area (Å²) in [5.74, 6) is -0.460. The second-order valence-corrected chi connectivity index (χ2v) is 6.99. The Bertz CT molecular complexity index is 1020. The van der Waals surface area contributed by atoms with Crippen molar-refractivity contribution in [1.82, 2.24) is 14.7 Å². The smallest absolute Gasteiger partial charge is 0.258 e. The maximum absolute atomic E-state index is 13.6. The summed E-state index contributed by atoms with van der Waals surface area (Å²) in [4.78, 5) is 19.3. The number of fused-ring (bicyclic) bond motifs is 1. The number of piperazine rings is 1. The van der Waals surface area contributed by atoms with E-state index in [4.69, 9.17) is 11.6 Å². The zero-order valence-corrected chi connectivity index (χ0v) is 15.0. The molecule has 1 saturated heterocycles. The average Bonchev–Trinajstić information content (AvgIpc) is 2.60. The van der Waals surface area contributed by atoms with Crippen LogP contribution >= 0.6 is 11.6 Å². The van der Waals surface area contributed by atoms with Crippen LogP contribution in [-0.2, 0) is 0 Å². The van der Waals surface area contributed by atoms with Gasteiger partial charge in [0.1, 0.15) is 11.5 Å². The number of halogens is 2. The van der Waals surface area contributed by atoms with Crippen LogP contribution in [0.2, 0.25) is 5.02 Å². The Morgan fingerprint density at radius 3 is 2.88 bits per heavy atom. The van der Waals surface area contributed by atoms with Crippen LogP contribution in [0.4, 0.5) is 10.1 Å². The number of aromatic nitrogens is 2. The molecule has 1 N–H and O–H groups in total. The molecule has 0 aliphatic carbocycles. The highest BCUT2D eigenvalue weighted by molar-refractivity contribution is 6.30. The van der Waals surface area contributed by atoms with Crippen molar-refractivity contribution in [3.63, 3.8) is 0 Å². The number of anilines is 1. The highest BCUT2D eigenvalue weighted by Gasteiger charge is 2.17. The summed E-state index contributed by atoms with van der Waals surface area (Å²) in [6, 6.07) is 9.72. The number of benzene rings is 1. The lowest BCUT2D eigenvalue weighted by molar-refractivity contribution is 0.484. The van der Waals surface area contributed by atoms with Gasteiger partial charge in [0.2, 0.25) is 0 Å². The Kier molecular flexibility index (Phi) is 4.38. The van der Waals surface area contributed by atoms with Gasteiger partial charge in [-0.2, -0.15) is 0 Å². The molecule has 5 nitrogen and oxygen atoms in total. The van der Waals surface area contributed by atoms with Gasteiger partial charge in [-0.15, -0.1) is 0 Å². The Labute approximate surface area is 155 Å². The summed E-state index contributed by atoms with van der Waals surface area (Å²) in [5.41, 5.74) is 2.17. The van der Waals surface area contributed by atoms with E-state index in [0.717, 1.165) is 25.3 Å². The Hall–Kier alpha value is -2.44. The maximum Gasteiger partial charge on any atom is 0.258 e. The predicted octanol–water partition coefficient (Wildman–Crippen LogP) is 2.95. The molecule has 0 amide bonds. The summed E-state index contributed by atoms with van der Waals surface area (Å²) in [6.45, 7) is 4.81. The van der Waals surface area contributed by atoms with Gasteiger partial charge >= 0.3 is 0 Å². The SMILES string of the molecule is C[C@H]1CN(c2ccc3nc(-c4cc(F)cc(Cl)c4)cc(=O)n3c2)CCN1. The van der Waals surface area contributed by atoms with Crippen molar-refractivity contribution in [2.75, 3.05) is 24.5 Å². The highest BCUT2D eigenvalue weighted by Crippen LogP contribution is 2.23. The molecule has 0 radical (unpaired) electrons. The molecule has 2 aromatic heterocycles. The fraction of sp³-hybridized carbons (Fsp3) is 0.263. The lowest BCUT2D eigenvalue weighted by atomic mass is 10.1. The summed E-state index contributed by atoms with van der Waals surface area (Å²) in [6.07, 6.45) is 1.81. The number of nitrogens with zero attached hydrogens (tertiary/aromatic N) is 3. The summed E-state index contributed by atoms with van der Waals surface area (Å²) < 4.78 is 15.1. The number of rotatable bonds is 2. The first-order chi connectivity index (χ1) is 12.5. The third kappa shape index (κ3) is 3.30. The predicted molar refractivity (Wildman–Crippen MR) is 102 cm³/mol. The van der Waals surface area contributed by atoms with Gasteiger partial charge in [-0.3, -0.25) is 9.20 Å². The topological polar surface area (TPSA) is 49.6 Å². The Morgan fingerprint density at radius 2 is 2.12 bits per heavy atom. The van der Waals surface area contributed by atoms with E-state index in [0.29, 0.717) is 22.9 Å². The van der Waals surface area contributed by atoms with Gasteiger partial charge in [-0.05, 0) is 37.3 Å². The molecule has 0 unspecified atom stereocenters. The second kappa shape index (κ2) is 6.70. The lowest BCUT2D eigenvalue weighted by Gasteiger charge is -2.33. The van der Waals surface area contributed by atoms with Gasteiger partial charge in [-0.1, -0.05) is 11.6 Å². The van der Waals surface area contributed by atoms with Crippen LogP contribution in [0.25, 0.3) is 16.9 Å². The van der Waals surface area contributed by atoms with E-state index < -0.39 is 5.82 Å². The second-order valence-electron chi connectivity index (χ2n) is 6.55. The van der Waals surface area contributed by atoms with E-state index in [1.54, 1.807) is 6.07 Å². The molecular weight excluding hydrogens is 355 g/mol. The molecular formula is C19H18ClFN4O. The minimum absolute atomic E-state index is 0.213. The molecule has 3 aromatic rings. The molecule has 1 atom stereocenters. The summed E-state index contributed by atoms with van der Waals surface area (Å²) >= 11 is 5.91. The van der Waals surface area contributed by atoms with Crippen molar-refractivity contribution in [3.05, 3.63) is 63.8 Å². The molecule has 0 bridgehead atoms. The average molecular weight is 373 g/mol. The van der Waals surface area contributed by atoms with Crippen LogP contribution in [0.15, 0.2) is 47.4 Å².